The maximum Gasteiger partial charge on any atom is 0.338 e. The van der Waals surface area contributed by atoms with Crippen LogP contribution in [-0.2, 0) is 19.6 Å². The lowest BCUT2D eigenvalue weighted by Crippen LogP contribution is -2.37. The van der Waals surface area contributed by atoms with Crippen molar-refractivity contribution in [3.63, 3.8) is 0 Å². The lowest BCUT2D eigenvalue weighted by atomic mass is 10.2. The van der Waals surface area contributed by atoms with Gasteiger partial charge in [-0.25, -0.2) is 22.4 Å². The second-order valence-corrected chi connectivity index (χ2v) is 8.74. The van der Waals surface area contributed by atoms with Crippen LogP contribution in [0.3, 0.4) is 0 Å². The molecule has 3 aromatic rings. The molecule has 0 aliphatic heterocycles. The summed E-state index contributed by atoms with van der Waals surface area (Å²) in [5, 5.41) is 4.05. The van der Waals surface area contributed by atoms with Gasteiger partial charge in [0.2, 0.25) is 0 Å². The van der Waals surface area contributed by atoms with E-state index in [0.717, 1.165) is 11.6 Å². The fourth-order valence-electron chi connectivity index (χ4n) is 2.70. The fourth-order valence-corrected chi connectivity index (χ4v) is 3.76. The van der Waals surface area contributed by atoms with Crippen LogP contribution in [0.25, 0.3) is 0 Å². The Morgan fingerprint density at radius 3 is 2.21 bits per heavy atom. The van der Waals surface area contributed by atoms with Gasteiger partial charge in [0.15, 0.2) is 6.61 Å². The first kappa shape index (κ1) is 24.4. The molecule has 0 aliphatic rings. The topological polar surface area (TPSA) is 131 Å². The lowest BCUT2D eigenvalue weighted by Gasteiger charge is -2.10. The zero-order valence-electron chi connectivity index (χ0n) is 17.9. The first-order valence-corrected chi connectivity index (χ1v) is 11.3. The number of rotatable bonds is 7. The minimum atomic E-state index is -3.87. The minimum absolute atomic E-state index is 0.00195. The SMILES string of the molecule is Cc1ccc(NS(=O)(=O)c2ccc(C(=O)OCC(=O)NC(=O)Nc3ccccc3F)cc2)cc1. The van der Waals surface area contributed by atoms with E-state index in [4.69, 9.17) is 4.74 Å². The molecule has 34 heavy (non-hydrogen) atoms. The molecule has 0 saturated carbocycles. The summed E-state index contributed by atoms with van der Waals surface area (Å²) in [4.78, 5) is 35.6. The summed E-state index contributed by atoms with van der Waals surface area (Å²) in [7, 11) is -3.87. The number of imide groups is 1. The van der Waals surface area contributed by atoms with Crippen LogP contribution in [0.4, 0.5) is 20.6 Å². The molecule has 176 valence electrons. The van der Waals surface area contributed by atoms with Gasteiger partial charge in [0.25, 0.3) is 15.9 Å². The Hall–Kier alpha value is -4.25. The summed E-state index contributed by atoms with van der Waals surface area (Å²) in [6.07, 6.45) is 0. The van der Waals surface area contributed by atoms with Crippen molar-refractivity contribution < 1.29 is 31.9 Å². The van der Waals surface area contributed by atoms with Gasteiger partial charge in [-0.1, -0.05) is 29.8 Å². The number of nitrogens with one attached hydrogen (secondary N) is 3. The Kier molecular flexibility index (Phi) is 7.59. The number of anilines is 2. The van der Waals surface area contributed by atoms with Gasteiger partial charge >= 0.3 is 12.0 Å². The van der Waals surface area contributed by atoms with Crippen molar-refractivity contribution in [2.45, 2.75) is 11.8 Å². The number of hydrogen-bond donors (Lipinski definition) is 3. The maximum absolute atomic E-state index is 13.5. The van der Waals surface area contributed by atoms with E-state index in [-0.39, 0.29) is 16.1 Å². The molecular formula is C23H20FN3O6S. The van der Waals surface area contributed by atoms with Crippen molar-refractivity contribution in [3.8, 4) is 0 Å². The molecular weight excluding hydrogens is 465 g/mol. The molecule has 3 amide bonds. The number of para-hydroxylation sites is 1. The second kappa shape index (κ2) is 10.6. The second-order valence-electron chi connectivity index (χ2n) is 7.05. The van der Waals surface area contributed by atoms with Crippen molar-refractivity contribution in [1.29, 1.82) is 0 Å². The molecule has 0 atom stereocenters. The minimum Gasteiger partial charge on any atom is -0.452 e. The van der Waals surface area contributed by atoms with Crippen LogP contribution in [0.5, 0.6) is 0 Å². The summed E-state index contributed by atoms with van der Waals surface area (Å²) in [6, 6.07) is 16.0. The number of hydrogen-bond acceptors (Lipinski definition) is 6. The molecule has 0 radical (unpaired) electrons. The Morgan fingerprint density at radius 2 is 1.56 bits per heavy atom. The van der Waals surface area contributed by atoms with E-state index >= 15 is 0 Å². The van der Waals surface area contributed by atoms with E-state index in [9.17, 15) is 27.2 Å². The van der Waals surface area contributed by atoms with Gasteiger partial charge in [-0.05, 0) is 55.5 Å². The Bertz CT molecular complexity index is 1310. The number of esters is 1. The molecule has 3 rings (SSSR count). The molecule has 11 heteroatoms. The Balaban J connectivity index is 1.52. The van der Waals surface area contributed by atoms with Crippen LogP contribution < -0.4 is 15.4 Å². The molecule has 0 fully saturated rings. The van der Waals surface area contributed by atoms with Crippen LogP contribution in [0, 0.1) is 12.7 Å². The van der Waals surface area contributed by atoms with E-state index in [2.05, 4.69) is 10.0 Å². The molecule has 0 saturated heterocycles. The summed E-state index contributed by atoms with van der Waals surface area (Å²) in [5.41, 5.74) is 1.24. The highest BCUT2D eigenvalue weighted by Crippen LogP contribution is 2.17. The largest absolute Gasteiger partial charge is 0.452 e. The van der Waals surface area contributed by atoms with Crippen LogP contribution in [-0.4, -0.2) is 32.9 Å². The first-order valence-electron chi connectivity index (χ1n) is 9.86. The van der Waals surface area contributed by atoms with E-state index < -0.39 is 40.4 Å². The standard InChI is InChI=1S/C23H20FN3O6S/c1-15-6-10-17(11-7-15)27-34(31,32)18-12-8-16(9-13-18)22(29)33-14-21(28)26-23(30)25-20-5-3-2-4-19(20)24/h2-13,27H,14H2,1H3,(H2,25,26,28,30). The van der Waals surface area contributed by atoms with Gasteiger partial charge in [-0.15, -0.1) is 0 Å². The highest BCUT2D eigenvalue weighted by molar-refractivity contribution is 7.92. The molecule has 9 nitrogen and oxygen atoms in total. The van der Waals surface area contributed by atoms with Gasteiger partial charge in [-0.3, -0.25) is 14.8 Å². The Labute approximate surface area is 195 Å². The normalized spacial score (nSPS) is 10.8. The van der Waals surface area contributed by atoms with E-state index in [0.29, 0.717) is 5.69 Å². The first-order chi connectivity index (χ1) is 16.1. The number of urea groups is 1. The van der Waals surface area contributed by atoms with Gasteiger partial charge in [0.05, 0.1) is 16.1 Å². The monoisotopic (exact) mass is 485 g/mol. The van der Waals surface area contributed by atoms with Gasteiger partial charge in [-0.2, -0.15) is 0 Å². The quantitative estimate of drug-likeness (QED) is 0.440. The lowest BCUT2D eigenvalue weighted by molar-refractivity contribution is -0.123. The molecule has 0 aliphatic carbocycles. The van der Waals surface area contributed by atoms with Crippen LogP contribution in [0.2, 0.25) is 0 Å². The fraction of sp³-hybridized carbons (Fsp3) is 0.0870. The Morgan fingerprint density at radius 1 is 0.912 bits per heavy atom. The predicted octanol–water partition coefficient (Wildman–Crippen LogP) is 3.44. The summed E-state index contributed by atoms with van der Waals surface area (Å²) >= 11 is 0. The molecule has 0 unspecified atom stereocenters. The molecule has 3 N–H and O–H groups in total. The third kappa shape index (κ3) is 6.62. The average Bonchev–Trinajstić information content (AvgIpc) is 2.80. The average molecular weight is 485 g/mol. The molecule has 0 spiro atoms. The number of carbonyl (C=O) groups excluding carboxylic acids is 3. The van der Waals surface area contributed by atoms with Crippen molar-refractivity contribution in [2.24, 2.45) is 0 Å². The molecule has 0 heterocycles. The highest BCUT2D eigenvalue weighted by atomic mass is 32.2. The van der Waals surface area contributed by atoms with Crippen molar-refractivity contribution in [3.05, 3.63) is 89.7 Å². The van der Waals surface area contributed by atoms with E-state index in [1.807, 2.05) is 12.2 Å². The smallest absolute Gasteiger partial charge is 0.338 e. The van der Waals surface area contributed by atoms with Crippen LogP contribution in [0.1, 0.15) is 15.9 Å². The van der Waals surface area contributed by atoms with Crippen molar-refractivity contribution >= 4 is 39.3 Å². The number of sulfonamides is 1. The zero-order valence-corrected chi connectivity index (χ0v) is 18.7. The number of carbonyl (C=O) groups is 3. The zero-order chi connectivity index (χ0) is 24.7. The van der Waals surface area contributed by atoms with Gasteiger partial charge in [0, 0.05) is 5.69 Å². The number of ether oxygens (including phenoxy) is 1. The van der Waals surface area contributed by atoms with Crippen LogP contribution in [0.15, 0.2) is 77.7 Å². The summed E-state index contributed by atoms with van der Waals surface area (Å²) < 4.78 is 45.8. The highest BCUT2D eigenvalue weighted by Gasteiger charge is 2.17. The number of halogens is 1. The third-order valence-electron chi connectivity index (χ3n) is 4.41. The third-order valence-corrected chi connectivity index (χ3v) is 5.81. The number of amides is 3. The van der Waals surface area contributed by atoms with Crippen molar-refractivity contribution in [2.75, 3.05) is 16.6 Å². The van der Waals surface area contributed by atoms with Crippen LogP contribution >= 0.6 is 0 Å². The number of benzene rings is 3. The van der Waals surface area contributed by atoms with Gasteiger partial charge in [0.1, 0.15) is 5.82 Å². The van der Waals surface area contributed by atoms with E-state index in [1.165, 1.54) is 42.5 Å². The molecule has 0 bridgehead atoms. The summed E-state index contributed by atoms with van der Waals surface area (Å²) in [5.74, 6) is -2.53. The maximum atomic E-state index is 13.5. The van der Waals surface area contributed by atoms with Gasteiger partial charge < -0.3 is 10.1 Å². The molecule has 3 aromatic carbocycles. The predicted molar refractivity (Wildman–Crippen MR) is 122 cm³/mol. The molecule has 0 aromatic heterocycles. The number of aryl methyl sites for hydroxylation is 1. The van der Waals surface area contributed by atoms with E-state index in [1.54, 1.807) is 24.3 Å². The summed E-state index contributed by atoms with van der Waals surface area (Å²) in [6.45, 7) is 1.10. The van der Waals surface area contributed by atoms with Crippen molar-refractivity contribution in [1.82, 2.24) is 5.32 Å².